The predicted molar refractivity (Wildman–Crippen MR) is 49.8 cm³/mol. The van der Waals surface area contributed by atoms with E-state index in [0.29, 0.717) is 0 Å². The third-order valence-electron chi connectivity index (χ3n) is 1.50. The number of amides is 1. The van der Waals surface area contributed by atoms with E-state index in [1.54, 1.807) is 0 Å². The van der Waals surface area contributed by atoms with Crippen LogP contribution in [0.2, 0.25) is 0 Å². The second-order valence-electron chi connectivity index (χ2n) is 2.66. The van der Waals surface area contributed by atoms with Gasteiger partial charge in [0.25, 0.3) is 5.91 Å². The molecule has 0 saturated carbocycles. The predicted octanol–water partition coefficient (Wildman–Crippen LogP) is -0.889. The van der Waals surface area contributed by atoms with Crippen LogP contribution in [0, 0.1) is 0 Å². The Bertz CT molecular complexity index is 276. The van der Waals surface area contributed by atoms with Crippen LogP contribution in [0.1, 0.15) is 12.8 Å². The summed E-state index contributed by atoms with van der Waals surface area (Å²) in [6.45, 7) is 3.16. The Morgan fingerprint density at radius 3 is 2.33 bits per heavy atom. The van der Waals surface area contributed by atoms with Gasteiger partial charge in [0.1, 0.15) is 6.04 Å². The molecule has 0 heterocycles. The summed E-state index contributed by atoms with van der Waals surface area (Å²) in [5.41, 5.74) is 4.25. The summed E-state index contributed by atoms with van der Waals surface area (Å²) in [4.78, 5) is 31.5. The lowest BCUT2D eigenvalue weighted by Gasteiger charge is -2.12. The molecule has 0 saturated heterocycles. The van der Waals surface area contributed by atoms with E-state index in [1.165, 1.54) is 0 Å². The molecule has 7 nitrogen and oxygen atoms in total. The molecular weight excluding hydrogens is 204 g/mol. The molecule has 0 aliphatic heterocycles. The lowest BCUT2D eigenvalue weighted by molar-refractivity contribution is -0.141. The van der Waals surface area contributed by atoms with E-state index in [-0.39, 0.29) is 12.8 Å². The van der Waals surface area contributed by atoms with E-state index < -0.39 is 23.9 Å². The first-order valence-electron chi connectivity index (χ1n) is 4.10. The fourth-order valence-corrected chi connectivity index (χ4v) is 0.734. The number of hydrogen-bond donors (Lipinski definition) is 4. The zero-order valence-electron chi connectivity index (χ0n) is 7.90. The quantitative estimate of drug-likeness (QED) is 0.324. The molecule has 1 unspecified atom stereocenters. The highest BCUT2D eigenvalue weighted by Gasteiger charge is 2.18. The van der Waals surface area contributed by atoms with Gasteiger partial charge in [-0.1, -0.05) is 6.58 Å². The average Bonchev–Trinajstić information content (AvgIpc) is 2.16. The van der Waals surface area contributed by atoms with E-state index in [9.17, 15) is 14.4 Å². The van der Waals surface area contributed by atoms with E-state index in [0.717, 1.165) is 6.08 Å². The monoisotopic (exact) mass is 216 g/mol. The molecule has 0 rings (SSSR count). The number of carboxylic acid groups (broad SMARTS) is 2. The summed E-state index contributed by atoms with van der Waals surface area (Å²) in [5, 5.41) is 17.0. The third-order valence-corrected chi connectivity index (χ3v) is 1.50. The Morgan fingerprint density at radius 2 is 1.93 bits per heavy atom. The summed E-state index contributed by atoms with van der Waals surface area (Å²) < 4.78 is 0. The van der Waals surface area contributed by atoms with Gasteiger partial charge >= 0.3 is 11.9 Å². The van der Waals surface area contributed by atoms with E-state index >= 15 is 0 Å². The molecule has 4 N–H and O–H groups in total. The van der Waals surface area contributed by atoms with Gasteiger partial charge in [-0.25, -0.2) is 5.43 Å². The van der Waals surface area contributed by atoms with Gasteiger partial charge in [0.15, 0.2) is 0 Å². The topological polar surface area (TPSA) is 116 Å². The second-order valence-corrected chi connectivity index (χ2v) is 2.66. The van der Waals surface area contributed by atoms with Crippen LogP contribution in [0.3, 0.4) is 0 Å². The summed E-state index contributed by atoms with van der Waals surface area (Å²) in [6.07, 6.45) is 0.541. The molecule has 15 heavy (non-hydrogen) atoms. The molecule has 0 radical (unpaired) electrons. The van der Waals surface area contributed by atoms with Crippen molar-refractivity contribution in [2.75, 3.05) is 0 Å². The van der Waals surface area contributed by atoms with Gasteiger partial charge < -0.3 is 10.2 Å². The van der Waals surface area contributed by atoms with Crippen molar-refractivity contribution >= 4 is 17.8 Å². The summed E-state index contributed by atoms with van der Waals surface area (Å²) in [5.74, 6) is -2.92. The fourth-order valence-electron chi connectivity index (χ4n) is 0.734. The lowest BCUT2D eigenvalue weighted by atomic mass is 10.2. The average molecular weight is 216 g/mol. The number of hydrogen-bond acceptors (Lipinski definition) is 4. The maximum absolute atomic E-state index is 10.7. The minimum Gasteiger partial charge on any atom is -0.481 e. The van der Waals surface area contributed by atoms with Gasteiger partial charge in [0, 0.05) is 6.42 Å². The van der Waals surface area contributed by atoms with Crippen molar-refractivity contribution in [3.63, 3.8) is 0 Å². The molecule has 0 aromatic rings. The largest absolute Gasteiger partial charge is 0.481 e. The van der Waals surface area contributed by atoms with E-state index in [2.05, 4.69) is 17.4 Å². The number of aliphatic carboxylic acids is 2. The number of hydrazine groups is 1. The number of carbonyl (C=O) groups is 3. The second kappa shape index (κ2) is 6.55. The van der Waals surface area contributed by atoms with Crippen LogP contribution in [0.25, 0.3) is 0 Å². The summed E-state index contributed by atoms with van der Waals surface area (Å²) in [7, 11) is 0. The van der Waals surface area contributed by atoms with Crippen molar-refractivity contribution in [1.82, 2.24) is 10.9 Å². The Kier molecular flexibility index (Phi) is 5.72. The van der Waals surface area contributed by atoms with Crippen LogP contribution in [0.5, 0.6) is 0 Å². The van der Waals surface area contributed by atoms with Crippen molar-refractivity contribution < 1.29 is 24.6 Å². The number of nitrogens with one attached hydrogen (secondary N) is 2. The highest BCUT2D eigenvalue weighted by molar-refractivity contribution is 5.86. The van der Waals surface area contributed by atoms with Crippen molar-refractivity contribution in [2.45, 2.75) is 18.9 Å². The molecule has 1 atom stereocenters. The third kappa shape index (κ3) is 6.22. The first kappa shape index (κ1) is 13.1. The van der Waals surface area contributed by atoms with Crippen molar-refractivity contribution in [1.29, 1.82) is 0 Å². The molecule has 84 valence electrons. The van der Waals surface area contributed by atoms with Crippen molar-refractivity contribution in [3.05, 3.63) is 12.7 Å². The van der Waals surface area contributed by atoms with Crippen LogP contribution >= 0.6 is 0 Å². The van der Waals surface area contributed by atoms with Gasteiger partial charge in [-0.05, 0) is 12.5 Å². The Labute approximate surface area is 85.7 Å². The highest BCUT2D eigenvalue weighted by atomic mass is 16.4. The van der Waals surface area contributed by atoms with Crippen molar-refractivity contribution in [2.24, 2.45) is 0 Å². The van der Waals surface area contributed by atoms with Gasteiger partial charge in [-0.15, -0.1) is 0 Å². The maximum Gasteiger partial charge on any atom is 0.322 e. The van der Waals surface area contributed by atoms with Gasteiger partial charge in [-0.3, -0.25) is 19.8 Å². The zero-order chi connectivity index (χ0) is 11.8. The van der Waals surface area contributed by atoms with Gasteiger partial charge in [-0.2, -0.15) is 0 Å². The molecule has 0 aliphatic rings. The first-order valence-corrected chi connectivity index (χ1v) is 4.10. The van der Waals surface area contributed by atoms with Crippen LogP contribution < -0.4 is 10.9 Å². The normalized spacial score (nSPS) is 11.5. The standard InChI is InChI=1S/C8H12N2O5/c1-2-6(11)10-9-5(8(14)15)3-4-7(12)13/h2,5,9H,1,3-4H2,(H,10,11)(H,12,13)(H,14,15). The highest BCUT2D eigenvalue weighted by Crippen LogP contribution is 1.96. The zero-order valence-corrected chi connectivity index (χ0v) is 7.90. The molecule has 0 fully saturated rings. The van der Waals surface area contributed by atoms with Crippen LogP contribution in [-0.4, -0.2) is 34.1 Å². The van der Waals surface area contributed by atoms with Crippen LogP contribution in [0.4, 0.5) is 0 Å². The minimum absolute atomic E-state index is 0.123. The lowest BCUT2D eigenvalue weighted by Crippen LogP contribution is -2.47. The van der Waals surface area contributed by atoms with Crippen molar-refractivity contribution in [3.8, 4) is 0 Å². The van der Waals surface area contributed by atoms with E-state index in [1.807, 2.05) is 0 Å². The van der Waals surface area contributed by atoms with Crippen LogP contribution in [-0.2, 0) is 14.4 Å². The Hall–Kier alpha value is -1.89. The molecular formula is C8H12N2O5. The number of carbonyl (C=O) groups excluding carboxylic acids is 1. The van der Waals surface area contributed by atoms with Gasteiger partial charge in [0.05, 0.1) is 0 Å². The minimum atomic E-state index is -1.24. The Balaban J connectivity index is 4.04. The molecule has 0 aromatic carbocycles. The molecule has 0 bridgehead atoms. The fraction of sp³-hybridized carbons (Fsp3) is 0.375. The maximum atomic E-state index is 10.7. The summed E-state index contributed by atoms with van der Waals surface area (Å²) >= 11 is 0. The smallest absolute Gasteiger partial charge is 0.322 e. The Morgan fingerprint density at radius 1 is 1.33 bits per heavy atom. The number of carboxylic acids is 2. The van der Waals surface area contributed by atoms with E-state index in [4.69, 9.17) is 10.2 Å². The first-order chi connectivity index (χ1) is 6.97. The molecule has 1 amide bonds. The SMILES string of the molecule is C=CC(=O)NNC(CCC(=O)O)C(=O)O. The molecule has 0 aromatic heterocycles. The summed E-state index contributed by atoms with van der Waals surface area (Å²) in [6, 6.07) is -1.13. The van der Waals surface area contributed by atoms with Crippen LogP contribution in [0.15, 0.2) is 12.7 Å². The molecule has 0 spiro atoms. The molecule has 0 aliphatic carbocycles. The molecule has 7 heteroatoms. The van der Waals surface area contributed by atoms with Gasteiger partial charge in [0.2, 0.25) is 0 Å². The number of rotatable bonds is 7.